The molecule has 0 spiro atoms. The van der Waals surface area contributed by atoms with Crippen LogP contribution in [0.1, 0.15) is 12.0 Å². The number of rotatable bonds is 9. The lowest BCUT2D eigenvalue weighted by Gasteiger charge is -2.20. The highest BCUT2D eigenvalue weighted by Gasteiger charge is 2.05. The Kier molecular flexibility index (Phi) is 7.02. The van der Waals surface area contributed by atoms with E-state index < -0.39 is 4.92 Å². The van der Waals surface area contributed by atoms with Gasteiger partial charge in [-0.3, -0.25) is 15.0 Å². The molecule has 0 aliphatic carbocycles. The molecule has 0 unspecified atom stereocenters. The van der Waals surface area contributed by atoms with Crippen LogP contribution in [-0.4, -0.2) is 47.7 Å². The van der Waals surface area contributed by atoms with E-state index in [1.54, 1.807) is 12.1 Å². The zero-order chi connectivity index (χ0) is 14.1. The molecule has 1 rings (SSSR count). The van der Waals surface area contributed by atoms with E-state index in [0.717, 1.165) is 31.5 Å². The van der Waals surface area contributed by atoms with Crippen LogP contribution in [0.3, 0.4) is 0 Å². The smallest absolute Gasteiger partial charge is 0.269 e. The summed E-state index contributed by atoms with van der Waals surface area (Å²) < 4.78 is 0. The monoisotopic (exact) mass is 267 g/mol. The van der Waals surface area contributed by atoms with Gasteiger partial charge in [0.2, 0.25) is 0 Å². The molecule has 0 fully saturated rings. The van der Waals surface area contributed by atoms with Gasteiger partial charge in [-0.1, -0.05) is 12.1 Å². The molecular weight excluding hydrogens is 246 g/mol. The standard InChI is InChI=1S/C13H21N3O3/c14-7-9-15(10-11-17)8-1-2-12-3-5-13(6-4-12)16(18)19/h3-6,17H,1-2,7-11,14H2. The third kappa shape index (κ3) is 5.78. The minimum Gasteiger partial charge on any atom is -0.395 e. The van der Waals surface area contributed by atoms with Gasteiger partial charge in [0.25, 0.3) is 5.69 Å². The van der Waals surface area contributed by atoms with Crippen LogP contribution in [-0.2, 0) is 6.42 Å². The molecule has 6 nitrogen and oxygen atoms in total. The Bertz CT molecular complexity index is 375. The van der Waals surface area contributed by atoms with Crippen molar-refractivity contribution >= 4 is 5.69 Å². The Hall–Kier alpha value is -1.50. The Morgan fingerprint density at radius 1 is 1.21 bits per heavy atom. The number of nitrogens with two attached hydrogens (primary N) is 1. The van der Waals surface area contributed by atoms with Crippen LogP contribution in [0, 0.1) is 10.1 Å². The fourth-order valence-electron chi connectivity index (χ4n) is 1.95. The van der Waals surface area contributed by atoms with Gasteiger partial charge in [0.05, 0.1) is 11.5 Å². The van der Waals surface area contributed by atoms with Gasteiger partial charge in [-0.15, -0.1) is 0 Å². The summed E-state index contributed by atoms with van der Waals surface area (Å²) in [6, 6.07) is 6.64. The highest BCUT2D eigenvalue weighted by molar-refractivity contribution is 5.32. The van der Waals surface area contributed by atoms with Crippen molar-refractivity contribution in [2.24, 2.45) is 5.73 Å². The lowest BCUT2D eigenvalue weighted by atomic mass is 10.1. The SMILES string of the molecule is NCCN(CCO)CCCc1ccc([N+](=O)[O-])cc1. The van der Waals surface area contributed by atoms with Crippen LogP contribution in [0.2, 0.25) is 0 Å². The summed E-state index contributed by atoms with van der Waals surface area (Å²) >= 11 is 0. The molecule has 0 saturated carbocycles. The zero-order valence-electron chi connectivity index (χ0n) is 11.0. The number of nitro benzene ring substituents is 1. The van der Waals surface area contributed by atoms with Crippen LogP contribution < -0.4 is 5.73 Å². The van der Waals surface area contributed by atoms with Crippen molar-refractivity contribution in [3.63, 3.8) is 0 Å². The van der Waals surface area contributed by atoms with Crippen LogP contribution in [0.5, 0.6) is 0 Å². The first-order valence-electron chi connectivity index (χ1n) is 6.44. The summed E-state index contributed by atoms with van der Waals surface area (Å²) in [5.74, 6) is 0. The van der Waals surface area contributed by atoms with Crippen molar-refractivity contribution in [1.29, 1.82) is 0 Å². The molecule has 106 valence electrons. The van der Waals surface area contributed by atoms with Crippen molar-refractivity contribution in [3.05, 3.63) is 39.9 Å². The molecular formula is C13H21N3O3. The normalized spacial score (nSPS) is 10.9. The first-order chi connectivity index (χ1) is 9.17. The Morgan fingerprint density at radius 2 is 1.89 bits per heavy atom. The van der Waals surface area contributed by atoms with Gasteiger partial charge in [-0.25, -0.2) is 0 Å². The van der Waals surface area contributed by atoms with Crippen LogP contribution >= 0.6 is 0 Å². The molecule has 0 amide bonds. The van der Waals surface area contributed by atoms with E-state index in [4.69, 9.17) is 10.8 Å². The molecule has 6 heteroatoms. The Morgan fingerprint density at radius 3 is 2.42 bits per heavy atom. The van der Waals surface area contributed by atoms with Crippen LogP contribution in [0.15, 0.2) is 24.3 Å². The van der Waals surface area contributed by atoms with E-state index in [1.807, 2.05) is 0 Å². The van der Waals surface area contributed by atoms with Crippen molar-refractivity contribution in [1.82, 2.24) is 4.90 Å². The van der Waals surface area contributed by atoms with Gasteiger partial charge >= 0.3 is 0 Å². The van der Waals surface area contributed by atoms with E-state index in [-0.39, 0.29) is 12.3 Å². The molecule has 19 heavy (non-hydrogen) atoms. The molecule has 0 aliphatic rings. The summed E-state index contributed by atoms with van der Waals surface area (Å²) in [5.41, 5.74) is 6.71. The van der Waals surface area contributed by atoms with E-state index >= 15 is 0 Å². The van der Waals surface area contributed by atoms with Crippen LogP contribution in [0.25, 0.3) is 0 Å². The van der Waals surface area contributed by atoms with Gasteiger partial charge in [0, 0.05) is 31.8 Å². The van der Waals surface area contributed by atoms with E-state index in [1.165, 1.54) is 12.1 Å². The summed E-state index contributed by atoms with van der Waals surface area (Å²) in [7, 11) is 0. The molecule has 0 bridgehead atoms. The molecule has 0 aromatic heterocycles. The molecule has 1 aromatic carbocycles. The average Bonchev–Trinajstić information content (AvgIpc) is 2.40. The van der Waals surface area contributed by atoms with E-state index in [9.17, 15) is 10.1 Å². The molecule has 0 radical (unpaired) electrons. The lowest BCUT2D eigenvalue weighted by Crippen LogP contribution is -2.33. The quantitative estimate of drug-likeness (QED) is 0.509. The number of hydrogen-bond donors (Lipinski definition) is 2. The second kappa shape index (κ2) is 8.58. The maximum atomic E-state index is 10.5. The van der Waals surface area contributed by atoms with Gasteiger partial charge in [0.1, 0.15) is 0 Å². The number of hydrogen-bond acceptors (Lipinski definition) is 5. The second-order valence-electron chi connectivity index (χ2n) is 4.38. The van der Waals surface area contributed by atoms with E-state index in [2.05, 4.69) is 4.90 Å². The predicted molar refractivity (Wildman–Crippen MR) is 74.0 cm³/mol. The van der Waals surface area contributed by atoms with Gasteiger partial charge in [0.15, 0.2) is 0 Å². The number of nitro groups is 1. The first kappa shape index (κ1) is 15.6. The molecule has 0 heterocycles. The maximum Gasteiger partial charge on any atom is 0.269 e. The Labute approximate surface area is 113 Å². The summed E-state index contributed by atoms with van der Waals surface area (Å²) in [5, 5.41) is 19.4. The fourth-order valence-corrected chi connectivity index (χ4v) is 1.95. The second-order valence-corrected chi connectivity index (χ2v) is 4.38. The minimum absolute atomic E-state index is 0.119. The number of aliphatic hydroxyl groups is 1. The number of non-ortho nitro benzene ring substituents is 1. The highest BCUT2D eigenvalue weighted by Crippen LogP contribution is 2.13. The van der Waals surface area contributed by atoms with Gasteiger partial charge in [-0.2, -0.15) is 0 Å². The first-order valence-corrected chi connectivity index (χ1v) is 6.44. The minimum atomic E-state index is -0.395. The van der Waals surface area contributed by atoms with Crippen molar-refractivity contribution in [3.8, 4) is 0 Å². The lowest BCUT2D eigenvalue weighted by molar-refractivity contribution is -0.384. The molecule has 3 N–H and O–H groups in total. The summed E-state index contributed by atoms with van der Waals surface area (Å²) in [6.45, 7) is 3.00. The van der Waals surface area contributed by atoms with Crippen LogP contribution in [0.4, 0.5) is 5.69 Å². The number of benzene rings is 1. The molecule has 0 saturated heterocycles. The van der Waals surface area contributed by atoms with Gasteiger partial charge < -0.3 is 10.8 Å². The topological polar surface area (TPSA) is 92.6 Å². The average molecular weight is 267 g/mol. The molecule has 0 atom stereocenters. The summed E-state index contributed by atoms with van der Waals surface area (Å²) in [6.07, 6.45) is 1.81. The number of aryl methyl sites for hydroxylation is 1. The van der Waals surface area contributed by atoms with Gasteiger partial charge in [-0.05, 0) is 24.9 Å². The third-order valence-electron chi connectivity index (χ3n) is 2.95. The van der Waals surface area contributed by atoms with Crippen molar-refractivity contribution in [2.75, 3.05) is 32.8 Å². The zero-order valence-corrected chi connectivity index (χ0v) is 11.0. The third-order valence-corrected chi connectivity index (χ3v) is 2.95. The van der Waals surface area contributed by atoms with Crippen molar-refractivity contribution in [2.45, 2.75) is 12.8 Å². The van der Waals surface area contributed by atoms with Crippen molar-refractivity contribution < 1.29 is 10.0 Å². The largest absolute Gasteiger partial charge is 0.395 e. The number of nitrogens with zero attached hydrogens (tertiary/aromatic N) is 2. The molecule has 1 aromatic rings. The maximum absolute atomic E-state index is 10.5. The number of aliphatic hydroxyl groups excluding tert-OH is 1. The Balaban J connectivity index is 2.37. The van der Waals surface area contributed by atoms with E-state index in [0.29, 0.717) is 13.1 Å². The predicted octanol–water partition coefficient (Wildman–Crippen LogP) is 0.780. The highest BCUT2D eigenvalue weighted by atomic mass is 16.6. The fraction of sp³-hybridized carbons (Fsp3) is 0.538. The summed E-state index contributed by atoms with van der Waals surface area (Å²) in [4.78, 5) is 12.2. The molecule has 0 aliphatic heterocycles.